The lowest BCUT2D eigenvalue weighted by Crippen LogP contribution is -2.40. The van der Waals surface area contributed by atoms with E-state index in [0.717, 1.165) is 0 Å². The van der Waals surface area contributed by atoms with E-state index in [1.165, 1.54) is 4.31 Å². The minimum absolute atomic E-state index is 0.0388. The van der Waals surface area contributed by atoms with E-state index < -0.39 is 15.6 Å². The fourth-order valence-electron chi connectivity index (χ4n) is 2.62. The van der Waals surface area contributed by atoms with Crippen LogP contribution in [-0.4, -0.2) is 43.1 Å². The number of aliphatic hydroxyl groups is 1. The molecule has 0 bridgehead atoms. The van der Waals surface area contributed by atoms with Crippen LogP contribution in [0.25, 0.3) is 0 Å². The third kappa shape index (κ3) is 3.55. The molecule has 1 aliphatic heterocycles. The van der Waals surface area contributed by atoms with Crippen molar-refractivity contribution in [1.29, 1.82) is 0 Å². The van der Waals surface area contributed by atoms with Crippen molar-refractivity contribution in [3.8, 4) is 5.75 Å². The number of benzene rings is 2. The highest BCUT2D eigenvalue weighted by Gasteiger charge is 2.42. The molecule has 1 fully saturated rings. The lowest BCUT2D eigenvalue weighted by Gasteiger charge is -2.23. The molecular formula is C17H19NO4S. The number of hydrogen-bond acceptors (Lipinski definition) is 4. The van der Waals surface area contributed by atoms with Crippen LogP contribution in [0.4, 0.5) is 0 Å². The Balaban J connectivity index is 1.68. The first-order valence-corrected chi connectivity index (χ1v) is 8.89. The first-order chi connectivity index (χ1) is 11.0. The summed E-state index contributed by atoms with van der Waals surface area (Å²) in [7, 11) is -3.57. The molecule has 122 valence electrons. The van der Waals surface area contributed by atoms with Crippen molar-refractivity contribution in [2.45, 2.75) is 16.9 Å². The van der Waals surface area contributed by atoms with Crippen molar-refractivity contribution in [3.63, 3.8) is 0 Å². The number of nitrogens with zero attached hydrogens (tertiary/aromatic N) is 1. The highest BCUT2D eigenvalue weighted by atomic mass is 32.2. The molecule has 6 heteroatoms. The SMILES string of the molecule is O=S(=O)(c1ccccc1)N1CCC(O)(COc2ccccc2)C1. The molecular weight excluding hydrogens is 314 g/mol. The van der Waals surface area contributed by atoms with Gasteiger partial charge < -0.3 is 9.84 Å². The molecule has 1 unspecified atom stereocenters. The third-order valence-corrected chi connectivity index (χ3v) is 5.79. The van der Waals surface area contributed by atoms with E-state index in [9.17, 15) is 13.5 Å². The molecule has 0 aliphatic carbocycles. The second kappa shape index (κ2) is 6.31. The lowest BCUT2D eigenvalue weighted by atomic mass is 10.1. The molecule has 1 heterocycles. The van der Waals surface area contributed by atoms with Crippen LogP contribution in [0.1, 0.15) is 6.42 Å². The van der Waals surface area contributed by atoms with Gasteiger partial charge in [0.1, 0.15) is 18.0 Å². The summed E-state index contributed by atoms with van der Waals surface area (Å²) >= 11 is 0. The number of rotatable bonds is 5. The van der Waals surface area contributed by atoms with Gasteiger partial charge >= 0.3 is 0 Å². The largest absolute Gasteiger partial charge is 0.491 e. The minimum Gasteiger partial charge on any atom is -0.491 e. The topological polar surface area (TPSA) is 66.8 Å². The van der Waals surface area contributed by atoms with Gasteiger partial charge in [0.2, 0.25) is 10.0 Å². The van der Waals surface area contributed by atoms with Gasteiger partial charge in [-0.05, 0) is 30.7 Å². The molecule has 0 spiro atoms. The number of hydrogen-bond donors (Lipinski definition) is 1. The Morgan fingerprint density at radius 3 is 2.30 bits per heavy atom. The van der Waals surface area contributed by atoms with Crippen LogP contribution in [0, 0.1) is 0 Å². The molecule has 1 saturated heterocycles. The maximum absolute atomic E-state index is 12.6. The third-order valence-electron chi connectivity index (χ3n) is 3.93. The van der Waals surface area contributed by atoms with Crippen LogP contribution in [0.15, 0.2) is 65.6 Å². The molecule has 5 nitrogen and oxygen atoms in total. The van der Waals surface area contributed by atoms with E-state index >= 15 is 0 Å². The van der Waals surface area contributed by atoms with Gasteiger partial charge in [-0.15, -0.1) is 0 Å². The van der Waals surface area contributed by atoms with Crippen molar-refractivity contribution >= 4 is 10.0 Å². The first-order valence-electron chi connectivity index (χ1n) is 7.45. The highest BCUT2D eigenvalue weighted by molar-refractivity contribution is 7.89. The standard InChI is InChI=1S/C17H19NO4S/c19-17(14-22-15-7-3-1-4-8-15)11-12-18(13-17)23(20,21)16-9-5-2-6-10-16/h1-10,19H,11-14H2. The van der Waals surface area contributed by atoms with Crippen molar-refractivity contribution < 1.29 is 18.3 Å². The van der Waals surface area contributed by atoms with Gasteiger partial charge in [-0.1, -0.05) is 36.4 Å². The average molecular weight is 333 g/mol. The van der Waals surface area contributed by atoms with Crippen LogP contribution in [0.5, 0.6) is 5.75 Å². The van der Waals surface area contributed by atoms with Gasteiger partial charge in [0.25, 0.3) is 0 Å². The minimum atomic E-state index is -3.57. The summed E-state index contributed by atoms with van der Waals surface area (Å²) < 4.78 is 32.0. The molecule has 0 radical (unpaired) electrons. The molecule has 1 aliphatic rings. The van der Waals surface area contributed by atoms with E-state index in [1.807, 2.05) is 18.2 Å². The molecule has 3 rings (SSSR count). The van der Waals surface area contributed by atoms with Gasteiger partial charge in [0.15, 0.2) is 0 Å². The van der Waals surface area contributed by atoms with E-state index in [4.69, 9.17) is 4.74 Å². The summed E-state index contributed by atoms with van der Waals surface area (Å²) in [6.07, 6.45) is 0.353. The maximum Gasteiger partial charge on any atom is 0.243 e. The zero-order valence-corrected chi connectivity index (χ0v) is 13.4. The predicted molar refractivity (Wildman–Crippen MR) is 86.7 cm³/mol. The van der Waals surface area contributed by atoms with Crippen molar-refractivity contribution in [3.05, 3.63) is 60.7 Å². The molecule has 1 atom stereocenters. The van der Waals surface area contributed by atoms with Gasteiger partial charge in [0.05, 0.1) is 4.90 Å². The average Bonchev–Trinajstić information content (AvgIpc) is 2.98. The Morgan fingerprint density at radius 1 is 1.04 bits per heavy atom. The van der Waals surface area contributed by atoms with Crippen LogP contribution in [0.3, 0.4) is 0 Å². The van der Waals surface area contributed by atoms with E-state index in [-0.39, 0.29) is 24.6 Å². The van der Waals surface area contributed by atoms with Crippen LogP contribution in [-0.2, 0) is 10.0 Å². The molecule has 2 aromatic rings. The molecule has 0 amide bonds. The summed E-state index contributed by atoms with van der Waals surface area (Å²) in [5.74, 6) is 0.658. The Hall–Kier alpha value is -1.89. The second-order valence-corrected chi connectivity index (χ2v) is 7.67. The first kappa shape index (κ1) is 16.0. The summed E-state index contributed by atoms with van der Waals surface area (Å²) in [6, 6.07) is 17.5. The number of para-hydroxylation sites is 1. The molecule has 2 aromatic carbocycles. The molecule has 0 saturated carbocycles. The van der Waals surface area contributed by atoms with Gasteiger partial charge in [-0.3, -0.25) is 0 Å². The summed E-state index contributed by atoms with van der Waals surface area (Å²) in [6.45, 7) is 0.390. The quantitative estimate of drug-likeness (QED) is 0.907. The van der Waals surface area contributed by atoms with Crippen molar-refractivity contribution in [2.75, 3.05) is 19.7 Å². The monoisotopic (exact) mass is 333 g/mol. The predicted octanol–water partition coefficient (Wildman–Crippen LogP) is 1.89. The summed E-state index contributed by atoms with van der Waals surface area (Å²) in [4.78, 5) is 0.244. The van der Waals surface area contributed by atoms with Gasteiger partial charge in [-0.25, -0.2) is 8.42 Å². The molecule has 0 aromatic heterocycles. The maximum atomic E-state index is 12.6. The molecule has 23 heavy (non-hydrogen) atoms. The Morgan fingerprint density at radius 2 is 1.65 bits per heavy atom. The zero-order valence-electron chi connectivity index (χ0n) is 12.6. The number of ether oxygens (including phenoxy) is 1. The van der Waals surface area contributed by atoms with Crippen LogP contribution in [0.2, 0.25) is 0 Å². The Labute approximate surface area is 136 Å². The van der Waals surface area contributed by atoms with E-state index in [0.29, 0.717) is 12.2 Å². The fraction of sp³-hybridized carbons (Fsp3) is 0.294. The highest BCUT2D eigenvalue weighted by Crippen LogP contribution is 2.28. The lowest BCUT2D eigenvalue weighted by molar-refractivity contribution is 0.00875. The van der Waals surface area contributed by atoms with Crippen LogP contribution >= 0.6 is 0 Å². The number of β-amino-alcohol motifs (C(OH)–C–C–N with tert-alkyl or cyclic N) is 1. The van der Waals surface area contributed by atoms with Crippen molar-refractivity contribution in [1.82, 2.24) is 4.31 Å². The molecule has 1 N–H and O–H groups in total. The zero-order chi connectivity index (χ0) is 16.3. The van der Waals surface area contributed by atoms with Crippen LogP contribution < -0.4 is 4.74 Å². The summed E-state index contributed by atoms with van der Waals surface area (Å²) in [5, 5.41) is 10.6. The Kier molecular flexibility index (Phi) is 4.39. The van der Waals surface area contributed by atoms with Gasteiger partial charge in [-0.2, -0.15) is 4.31 Å². The van der Waals surface area contributed by atoms with E-state index in [2.05, 4.69) is 0 Å². The van der Waals surface area contributed by atoms with Crippen molar-refractivity contribution in [2.24, 2.45) is 0 Å². The Bertz CT molecular complexity index is 749. The summed E-state index contributed by atoms with van der Waals surface area (Å²) in [5.41, 5.74) is -1.17. The fourth-order valence-corrected chi connectivity index (χ4v) is 4.16. The van der Waals surface area contributed by atoms with E-state index in [1.54, 1.807) is 42.5 Å². The second-order valence-electron chi connectivity index (χ2n) is 5.73. The number of sulfonamides is 1. The van der Waals surface area contributed by atoms with Gasteiger partial charge in [0, 0.05) is 13.1 Å². The smallest absolute Gasteiger partial charge is 0.243 e. The normalized spacial score (nSPS) is 22.1.